The van der Waals surface area contributed by atoms with Gasteiger partial charge in [0.1, 0.15) is 5.78 Å². The molecule has 0 spiro atoms. The largest absolute Gasteiger partial charge is 0.481 e. The van der Waals surface area contributed by atoms with E-state index in [-0.39, 0.29) is 12.2 Å². The number of carboxylic acids is 1. The van der Waals surface area contributed by atoms with Crippen LogP contribution in [0.15, 0.2) is 30.3 Å². The van der Waals surface area contributed by atoms with Crippen LogP contribution in [-0.2, 0) is 16.0 Å². The quantitative estimate of drug-likeness (QED) is 0.894. The van der Waals surface area contributed by atoms with Gasteiger partial charge in [-0.1, -0.05) is 37.3 Å². The Labute approximate surface area is 120 Å². The summed E-state index contributed by atoms with van der Waals surface area (Å²) in [4.78, 5) is 23.4. The summed E-state index contributed by atoms with van der Waals surface area (Å²) in [5.74, 6) is -0.352. The average Bonchev–Trinajstić information content (AvgIpc) is 2.43. The van der Waals surface area contributed by atoms with Crippen LogP contribution >= 0.6 is 0 Å². The van der Waals surface area contributed by atoms with Gasteiger partial charge in [-0.25, -0.2) is 0 Å². The van der Waals surface area contributed by atoms with Crippen molar-refractivity contribution in [3.8, 4) is 0 Å². The Kier molecular flexibility index (Phi) is 4.58. The van der Waals surface area contributed by atoms with Gasteiger partial charge in [0.15, 0.2) is 0 Å². The third-order valence-corrected chi connectivity index (χ3v) is 4.63. The van der Waals surface area contributed by atoms with E-state index in [1.54, 1.807) is 0 Å². The molecule has 2 rings (SSSR count). The lowest BCUT2D eigenvalue weighted by Crippen LogP contribution is -2.39. The first-order valence-electron chi connectivity index (χ1n) is 7.35. The Morgan fingerprint density at radius 1 is 1.35 bits per heavy atom. The van der Waals surface area contributed by atoms with Crippen LogP contribution in [0.25, 0.3) is 0 Å². The molecule has 1 aliphatic rings. The number of carboxylic acid groups (broad SMARTS) is 1. The molecule has 20 heavy (non-hydrogen) atoms. The standard InChI is InChI=1S/C17H22O3/c1-2-17(12-16(19)20)9-8-14(11-15(17)18)10-13-6-4-3-5-7-13/h3-7,14H,2,8-12H2,1H3,(H,19,20). The smallest absolute Gasteiger partial charge is 0.304 e. The maximum Gasteiger partial charge on any atom is 0.304 e. The Morgan fingerprint density at radius 2 is 2.05 bits per heavy atom. The van der Waals surface area contributed by atoms with E-state index in [1.807, 2.05) is 25.1 Å². The molecule has 3 nitrogen and oxygen atoms in total. The van der Waals surface area contributed by atoms with Gasteiger partial charge in [-0.05, 0) is 37.2 Å². The zero-order chi connectivity index (χ0) is 14.6. The molecule has 0 aromatic heterocycles. The van der Waals surface area contributed by atoms with Crippen LogP contribution in [0.5, 0.6) is 0 Å². The van der Waals surface area contributed by atoms with Crippen molar-refractivity contribution in [3.05, 3.63) is 35.9 Å². The number of benzene rings is 1. The van der Waals surface area contributed by atoms with Gasteiger partial charge in [0, 0.05) is 11.8 Å². The van der Waals surface area contributed by atoms with Crippen LogP contribution in [0.2, 0.25) is 0 Å². The van der Waals surface area contributed by atoms with Gasteiger partial charge in [0.05, 0.1) is 6.42 Å². The molecule has 0 radical (unpaired) electrons. The zero-order valence-corrected chi connectivity index (χ0v) is 12.0. The van der Waals surface area contributed by atoms with Crippen molar-refractivity contribution >= 4 is 11.8 Å². The summed E-state index contributed by atoms with van der Waals surface area (Å²) >= 11 is 0. The van der Waals surface area contributed by atoms with Gasteiger partial charge in [-0.15, -0.1) is 0 Å². The number of hydrogen-bond donors (Lipinski definition) is 1. The Hall–Kier alpha value is -1.64. The minimum Gasteiger partial charge on any atom is -0.481 e. The molecule has 0 saturated heterocycles. The van der Waals surface area contributed by atoms with Crippen molar-refractivity contribution in [2.24, 2.45) is 11.3 Å². The normalized spacial score (nSPS) is 26.4. The van der Waals surface area contributed by atoms with Crippen molar-refractivity contribution in [2.45, 2.75) is 45.4 Å². The number of Topliss-reactive ketones (excluding diaryl/α,β-unsaturated/α-hetero) is 1. The minimum absolute atomic E-state index is 0.0135. The molecule has 2 unspecified atom stereocenters. The van der Waals surface area contributed by atoms with Gasteiger partial charge < -0.3 is 5.11 Å². The molecular weight excluding hydrogens is 252 g/mol. The molecule has 1 aromatic rings. The molecule has 108 valence electrons. The van der Waals surface area contributed by atoms with Crippen LogP contribution in [0.4, 0.5) is 0 Å². The first-order chi connectivity index (χ1) is 9.55. The van der Waals surface area contributed by atoms with Crippen LogP contribution in [-0.4, -0.2) is 16.9 Å². The van der Waals surface area contributed by atoms with Gasteiger partial charge in [0.25, 0.3) is 0 Å². The summed E-state index contributed by atoms with van der Waals surface area (Å²) in [6, 6.07) is 10.2. The fourth-order valence-electron chi connectivity index (χ4n) is 3.30. The molecule has 1 fully saturated rings. The molecule has 0 aliphatic heterocycles. The highest BCUT2D eigenvalue weighted by atomic mass is 16.4. The Morgan fingerprint density at radius 3 is 2.60 bits per heavy atom. The van der Waals surface area contributed by atoms with E-state index in [9.17, 15) is 9.59 Å². The average molecular weight is 274 g/mol. The third-order valence-electron chi connectivity index (χ3n) is 4.63. The topological polar surface area (TPSA) is 54.4 Å². The van der Waals surface area contributed by atoms with Crippen LogP contribution < -0.4 is 0 Å². The fourth-order valence-corrected chi connectivity index (χ4v) is 3.30. The number of aliphatic carboxylic acids is 1. The summed E-state index contributed by atoms with van der Waals surface area (Å²) < 4.78 is 0. The van der Waals surface area contributed by atoms with E-state index < -0.39 is 11.4 Å². The third kappa shape index (κ3) is 3.27. The zero-order valence-electron chi connectivity index (χ0n) is 12.0. The maximum atomic E-state index is 12.4. The molecule has 1 aromatic carbocycles. The number of carbonyl (C=O) groups is 2. The van der Waals surface area contributed by atoms with E-state index >= 15 is 0 Å². The molecular formula is C17H22O3. The van der Waals surface area contributed by atoms with E-state index in [0.717, 1.165) is 12.8 Å². The molecule has 1 N–H and O–H groups in total. The predicted molar refractivity (Wildman–Crippen MR) is 77.5 cm³/mol. The summed E-state index contributed by atoms with van der Waals surface area (Å²) in [6.45, 7) is 1.93. The molecule has 1 saturated carbocycles. The van der Waals surface area contributed by atoms with Crippen molar-refractivity contribution in [2.75, 3.05) is 0 Å². The van der Waals surface area contributed by atoms with Gasteiger partial charge >= 0.3 is 5.97 Å². The van der Waals surface area contributed by atoms with Crippen LogP contribution in [0.3, 0.4) is 0 Å². The Bertz CT molecular complexity index is 480. The number of ketones is 1. The Balaban J connectivity index is 2.01. The summed E-state index contributed by atoms with van der Waals surface area (Å²) in [5.41, 5.74) is 0.645. The first kappa shape index (κ1) is 14.8. The molecule has 1 aliphatic carbocycles. The van der Waals surface area contributed by atoms with E-state index in [2.05, 4.69) is 12.1 Å². The van der Waals surface area contributed by atoms with Crippen molar-refractivity contribution in [3.63, 3.8) is 0 Å². The first-order valence-corrected chi connectivity index (χ1v) is 7.35. The lowest BCUT2D eigenvalue weighted by molar-refractivity contribution is -0.147. The molecule has 3 heteroatoms. The number of hydrogen-bond acceptors (Lipinski definition) is 2. The highest BCUT2D eigenvalue weighted by molar-refractivity contribution is 5.89. The second-order valence-electron chi connectivity index (χ2n) is 5.93. The second-order valence-corrected chi connectivity index (χ2v) is 5.93. The summed E-state index contributed by atoms with van der Waals surface area (Å²) in [6.07, 6.45) is 3.72. The van der Waals surface area contributed by atoms with Crippen LogP contribution in [0, 0.1) is 11.3 Å². The van der Waals surface area contributed by atoms with E-state index in [4.69, 9.17) is 5.11 Å². The molecule has 0 bridgehead atoms. The van der Waals surface area contributed by atoms with Crippen molar-refractivity contribution in [1.82, 2.24) is 0 Å². The SMILES string of the molecule is CCC1(CC(=O)O)CCC(Cc2ccccc2)CC1=O. The minimum atomic E-state index is -0.860. The second kappa shape index (κ2) is 6.21. The van der Waals surface area contributed by atoms with Gasteiger partial charge in [-0.3, -0.25) is 9.59 Å². The lowest BCUT2D eigenvalue weighted by Gasteiger charge is -2.37. The lowest BCUT2D eigenvalue weighted by atomic mass is 9.65. The van der Waals surface area contributed by atoms with Gasteiger partial charge in [-0.2, -0.15) is 0 Å². The maximum absolute atomic E-state index is 12.4. The summed E-state index contributed by atoms with van der Waals surface area (Å²) in [7, 11) is 0. The molecule has 0 amide bonds. The molecule has 0 heterocycles. The summed E-state index contributed by atoms with van der Waals surface area (Å²) in [5, 5.41) is 9.03. The highest BCUT2D eigenvalue weighted by Crippen LogP contribution is 2.42. The molecule has 2 atom stereocenters. The van der Waals surface area contributed by atoms with Gasteiger partial charge in [0.2, 0.25) is 0 Å². The predicted octanol–water partition coefficient (Wildman–Crippen LogP) is 3.47. The number of rotatable bonds is 5. The van der Waals surface area contributed by atoms with E-state index in [1.165, 1.54) is 5.56 Å². The monoisotopic (exact) mass is 274 g/mol. The fraction of sp³-hybridized carbons (Fsp3) is 0.529. The highest BCUT2D eigenvalue weighted by Gasteiger charge is 2.42. The van der Waals surface area contributed by atoms with Crippen LogP contribution in [0.1, 0.15) is 44.6 Å². The van der Waals surface area contributed by atoms with E-state index in [0.29, 0.717) is 25.2 Å². The number of carbonyl (C=O) groups excluding carboxylic acids is 1. The van der Waals surface area contributed by atoms with Crippen molar-refractivity contribution in [1.29, 1.82) is 0 Å². The van der Waals surface area contributed by atoms with Crippen molar-refractivity contribution < 1.29 is 14.7 Å².